The van der Waals surface area contributed by atoms with Gasteiger partial charge in [-0.1, -0.05) is 6.07 Å². The van der Waals surface area contributed by atoms with Crippen molar-refractivity contribution in [3.63, 3.8) is 0 Å². The van der Waals surface area contributed by atoms with Crippen molar-refractivity contribution in [3.8, 4) is 11.5 Å². The number of benzene rings is 1. The molecule has 9 nitrogen and oxygen atoms in total. The molecule has 3 rings (SSSR count). The number of ether oxygens (including phenoxy) is 1. The van der Waals surface area contributed by atoms with Gasteiger partial charge < -0.3 is 24.8 Å². The summed E-state index contributed by atoms with van der Waals surface area (Å²) < 4.78 is 5.67. The van der Waals surface area contributed by atoms with Gasteiger partial charge in [-0.25, -0.2) is 9.78 Å². The largest absolute Gasteiger partial charge is 0.507 e. The number of rotatable bonds is 6. The van der Waals surface area contributed by atoms with E-state index >= 15 is 0 Å². The fourth-order valence-corrected chi connectivity index (χ4v) is 2.93. The van der Waals surface area contributed by atoms with E-state index in [4.69, 9.17) is 4.74 Å². The lowest BCUT2D eigenvalue weighted by Crippen LogP contribution is -2.58. The second-order valence-electron chi connectivity index (χ2n) is 6.31. The minimum atomic E-state index is -1.27. The third-order valence-electron chi connectivity index (χ3n) is 4.24. The van der Waals surface area contributed by atoms with Gasteiger partial charge in [0.05, 0.1) is 31.3 Å². The second-order valence-corrected chi connectivity index (χ2v) is 6.31. The number of phenols is 1. The molecule has 1 aromatic heterocycles. The number of carboxylic acid groups (broad SMARTS) is 1. The first-order chi connectivity index (χ1) is 12.4. The predicted molar refractivity (Wildman–Crippen MR) is 91.1 cm³/mol. The number of aromatic amines is 1. The van der Waals surface area contributed by atoms with E-state index in [9.17, 15) is 19.8 Å². The van der Waals surface area contributed by atoms with Crippen LogP contribution in [0.5, 0.6) is 11.5 Å². The summed E-state index contributed by atoms with van der Waals surface area (Å²) in [6, 6.07) is 3.81. The van der Waals surface area contributed by atoms with Gasteiger partial charge >= 0.3 is 5.97 Å². The van der Waals surface area contributed by atoms with Gasteiger partial charge in [-0.3, -0.25) is 9.69 Å². The number of carboxylic acids is 1. The SMILES string of the molecule is CN(C)C(C(=O)N1CC(Oc2cccc(O)c2C(=O)O)C1)c1cnc[nH]1. The Kier molecular flexibility index (Phi) is 4.81. The van der Waals surface area contributed by atoms with E-state index in [1.54, 1.807) is 16.0 Å². The minimum Gasteiger partial charge on any atom is -0.507 e. The number of carbonyl (C=O) groups excluding carboxylic acids is 1. The lowest BCUT2D eigenvalue weighted by Gasteiger charge is -2.41. The van der Waals surface area contributed by atoms with Gasteiger partial charge in [-0.2, -0.15) is 0 Å². The van der Waals surface area contributed by atoms with Gasteiger partial charge in [0.25, 0.3) is 0 Å². The Balaban J connectivity index is 1.65. The number of likely N-dealkylation sites (tertiary alicyclic amines) is 1. The molecule has 2 aromatic rings. The van der Waals surface area contributed by atoms with Crippen molar-refractivity contribution >= 4 is 11.9 Å². The number of hydrogen-bond acceptors (Lipinski definition) is 6. The number of amides is 1. The van der Waals surface area contributed by atoms with Crippen LogP contribution in [0.15, 0.2) is 30.7 Å². The number of nitrogens with zero attached hydrogens (tertiary/aromatic N) is 3. The van der Waals surface area contributed by atoms with Crippen molar-refractivity contribution in [2.45, 2.75) is 12.1 Å². The Morgan fingerprint density at radius 2 is 2.12 bits per heavy atom. The molecule has 1 aromatic carbocycles. The van der Waals surface area contributed by atoms with Gasteiger partial charge in [0.2, 0.25) is 5.91 Å². The van der Waals surface area contributed by atoms with E-state index in [-0.39, 0.29) is 29.1 Å². The fraction of sp³-hybridized carbons (Fsp3) is 0.353. The first-order valence-corrected chi connectivity index (χ1v) is 8.04. The van der Waals surface area contributed by atoms with Crippen LogP contribution in [-0.4, -0.2) is 75.1 Å². The Bertz CT molecular complexity index is 799. The van der Waals surface area contributed by atoms with Crippen molar-refractivity contribution in [3.05, 3.63) is 42.0 Å². The molecule has 26 heavy (non-hydrogen) atoms. The number of aromatic carboxylic acids is 1. The molecule has 0 saturated carbocycles. The number of imidazole rings is 1. The van der Waals surface area contributed by atoms with Crippen LogP contribution in [-0.2, 0) is 4.79 Å². The molecule has 1 unspecified atom stereocenters. The zero-order valence-corrected chi connectivity index (χ0v) is 14.4. The molecule has 1 aliphatic heterocycles. The first-order valence-electron chi connectivity index (χ1n) is 8.04. The van der Waals surface area contributed by atoms with Crippen LogP contribution in [0.3, 0.4) is 0 Å². The van der Waals surface area contributed by atoms with Gasteiger partial charge in [0, 0.05) is 0 Å². The number of aromatic nitrogens is 2. The maximum atomic E-state index is 12.7. The lowest BCUT2D eigenvalue weighted by atomic mass is 10.1. The highest BCUT2D eigenvalue weighted by molar-refractivity contribution is 5.94. The van der Waals surface area contributed by atoms with Gasteiger partial charge in [0.1, 0.15) is 29.2 Å². The number of carbonyl (C=O) groups is 2. The van der Waals surface area contributed by atoms with Crippen molar-refractivity contribution in [2.24, 2.45) is 0 Å². The van der Waals surface area contributed by atoms with Crippen LogP contribution in [0.2, 0.25) is 0 Å². The number of aromatic hydroxyl groups is 1. The topological polar surface area (TPSA) is 119 Å². The Labute approximate surface area is 149 Å². The summed E-state index contributed by atoms with van der Waals surface area (Å²) in [6.07, 6.45) is 2.81. The highest BCUT2D eigenvalue weighted by Gasteiger charge is 2.38. The second kappa shape index (κ2) is 7.04. The molecule has 0 bridgehead atoms. The van der Waals surface area contributed by atoms with Crippen LogP contribution in [0, 0.1) is 0 Å². The average Bonchev–Trinajstić information content (AvgIpc) is 3.03. The molecular formula is C17H20N4O5. The molecule has 0 spiro atoms. The third kappa shape index (κ3) is 3.33. The molecule has 1 fully saturated rings. The van der Waals surface area contributed by atoms with Crippen molar-refractivity contribution in [1.82, 2.24) is 19.8 Å². The molecule has 2 heterocycles. The summed E-state index contributed by atoms with van der Waals surface area (Å²) in [5, 5.41) is 18.9. The van der Waals surface area contributed by atoms with E-state index in [0.29, 0.717) is 18.8 Å². The standard InChI is InChI=1S/C17H20N4O5/c1-20(2)15(11-6-18-9-19-11)16(23)21-7-10(8-21)26-13-5-3-4-12(22)14(13)17(24)25/h3-6,9-10,15,22H,7-8H2,1-2H3,(H,18,19)(H,24,25). The molecule has 0 aliphatic carbocycles. The van der Waals surface area contributed by atoms with E-state index < -0.39 is 12.0 Å². The van der Waals surface area contributed by atoms with Gasteiger partial charge in [0.15, 0.2) is 0 Å². The van der Waals surface area contributed by atoms with Crippen LogP contribution in [0.1, 0.15) is 22.1 Å². The molecule has 1 aliphatic rings. The maximum Gasteiger partial charge on any atom is 0.343 e. The Morgan fingerprint density at radius 1 is 1.38 bits per heavy atom. The van der Waals surface area contributed by atoms with Crippen molar-refractivity contribution in [1.29, 1.82) is 0 Å². The molecule has 1 atom stereocenters. The number of nitrogens with one attached hydrogen (secondary N) is 1. The molecule has 138 valence electrons. The Hall–Kier alpha value is -3.07. The molecule has 1 amide bonds. The number of H-pyrrole nitrogens is 1. The van der Waals surface area contributed by atoms with Gasteiger partial charge in [-0.15, -0.1) is 0 Å². The smallest absolute Gasteiger partial charge is 0.343 e. The monoisotopic (exact) mass is 360 g/mol. The predicted octanol–water partition coefficient (Wildman–Crippen LogP) is 0.706. The zero-order chi connectivity index (χ0) is 18.8. The Morgan fingerprint density at radius 3 is 2.69 bits per heavy atom. The van der Waals surface area contributed by atoms with Crippen molar-refractivity contribution < 1.29 is 24.5 Å². The van der Waals surface area contributed by atoms with E-state index in [1.165, 1.54) is 24.5 Å². The van der Waals surface area contributed by atoms with E-state index in [0.717, 1.165) is 0 Å². The maximum absolute atomic E-state index is 12.7. The van der Waals surface area contributed by atoms with Gasteiger partial charge in [-0.05, 0) is 26.2 Å². The molecule has 1 saturated heterocycles. The summed E-state index contributed by atoms with van der Waals surface area (Å²) >= 11 is 0. The summed E-state index contributed by atoms with van der Waals surface area (Å²) in [4.78, 5) is 34.4. The number of likely N-dealkylation sites (N-methyl/N-ethyl adjacent to an activating group) is 1. The van der Waals surface area contributed by atoms with E-state index in [2.05, 4.69) is 9.97 Å². The zero-order valence-electron chi connectivity index (χ0n) is 14.4. The lowest BCUT2D eigenvalue weighted by molar-refractivity contribution is -0.145. The molecule has 3 N–H and O–H groups in total. The summed E-state index contributed by atoms with van der Waals surface area (Å²) in [5.41, 5.74) is 0.423. The minimum absolute atomic E-state index is 0.0894. The van der Waals surface area contributed by atoms with Crippen LogP contribution in [0.4, 0.5) is 0 Å². The van der Waals surface area contributed by atoms with E-state index in [1.807, 2.05) is 14.1 Å². The highest BCUT2D eigenvalue weighted by Crippen LogP contribution is 2.30. The molecule has 9 heteroatoms. The quantitative estimate of drug-likeness (QED) is 0.694. The summed E-state index contributed by atoms with van der Waals surface area (Å²) in [7, 11) is 3.62. The normalized spacial score (nSPS) is 15.6. The first kappa shape index (κ1) is 17.7. The molecule has 0 radical (unpaired) electrons. The third-order valence-corrected chi connectivity index (χ3v) is 4.24. The summed E-state index contributed by atoms with van der Waals surface area (Å²) in [6.45, 7) is 0.679. The fourth-order valence-electron chi connectivity index (χ4n) is 2.93. The highest BCUT2D eigenvalue weighted by atomic mass is 16.5. The van der Waals surface area contributed by atoms with Crippen LogP contribution in [0.25, 0.3) is 0 Å². The van der Waals surface area contributed by atoms with Crippen LogP contribution >= 0.6 is 0 Å². The number of hydrogen-bond donors (Lipinski definition) is 3. The average molecular weight is 360 g/mol. The summed E-state index contributed by atoms with van der Waals surface area (Å²) in [5.74, 6) is -1.62. The van der Waals surface area contributed by atoms with Crippen molar-refractivity contribution in [2.75, 3.05) is 27.2 Å². The molecular weight excluding hydrogens is 340 g/mol. The van der Waals surface area contributed by atoms with Crippen LogP contribution < -0.4 is 4.74 Å².